The Balaban J connectivity index is 2.25. The predicted octanol–water partition coefficient (Wildman–Crippen LogP) is 5.03. The largest absolute Gasteiger partial charge is 0.310 e. The van der Waals surface area contributed by atoms with Gasteiger partial charge in [0, 0.05) is 11.1 Å². The molecule has 0 aliphatic carbocycles. The van der Waals surface area contributed by atoms with Crippen molar-refractivity contribution in [1.82, 2.24) is 5.32 Å². The van der Waals surface area contributed by atoms with Gasteiger partial charge in [0.15, 0.2) is 0 Å². The first kappa shape index (κ1) is 15.3. The van der Waals surface area contributed by atoms with Gasteiger partial charge in [-0.2, -0.15) is 0 Å². The molecule has 2 aromatic rings. The van der Waals surface area contributed by atoms with Gasteiger partial charge in [-0.05, 0) is 42.3 Å². The second-order valence-corrected chi connectivity index (χ2v) is 5.40. The maximum absolute atomic E-state index is 13.5. The molecule has 4 heteroatoms. The molecule has 1 atom stereocenters. The van der Waals surface area contributed by atoms with Gasteiger partial charge in [0.1, 0.15) is 5.82 Å². The molecule has 2 aromatic carbocycles. The van der Waals surface area contributed by atoms with Crippen LogP contribution in [0.3, 0.4) is 0 Å². The van der Waals surface area contributed by atoms with Gasteiger partial charge in [-0.1, -0.05) is 54.4 Å². The minimum atomic E-state index is -0.390. The van der Waals surface area contributed by atoms with E-state index in [1.165, 1.54) is 6.07 Å². The standard InChI is InChI=1S/C16H16Cl2FN/c1-2-20-16(12-5-3-4-6-13(12)17)10-11-7-8-14(18)15(19)9-11/h3-9,16,20H,2,10H2,1H3. The first-order valence-corrected chi connectivity index (χ1v) is 7.29. The number of likely N-dealkylation sites (N-methyl/N-ethyl adjacent to an activating group) is 1. The Morgan fingerprint density at radius 3 is 2.50 bits per heavy atom. The van der Waals surface area contributed by atoms with Gasteiger partial charge in [0.05, 0.1) is 5.02 Å². The highest BCUT2D eigenvalue weighted by molar-refractivity contribution is 6.31. The van der Waals surface area contributed by atoms with Gasteiger partial charge in [-0.15, -0.1) is 0 Å². The topological polar surface area (TPSA) is 12.0 Å². The molecule has 0 aliphatic heterocycles. The van der Waals surface area contributed by atoms with Gasteiger partial charge in [-0.3, -0.25) is 0 Å². The van der Waals surface area contributed by atoms with Crippen LogP contribution in [0.15, 0.2) is 42.5 Å². The third-order valence-electron chi connectivity index (χ3n) is 3.16. The Labute approximate surface area is 128 Å². The third kappa shape index (κ3) is 3.72. The predicted molar refractivity (Wildman–Crippen MR) is 83.0 cm³/mol. The molecule has 0 fully saturated rings. The average Bonchev–Trinajstić information content (AvgIpc) is 2.43. The number of nitrogens with one attached hydrogen (secondary N) is 1. The SMILES string of the molecule is CCNC(Cc1ccc(Cl)c(F)c1)c1ccccc1Cl. The van der Waals surface area contributed by atoms with E-state index in [-0.39, 0.29) is 11.1 Å². The molecule has 1 N–H and O–H groups in total. The van der Waals surface area contributed by atoms with Crippen molar-refractivity contribution in [3.63, 3.8) is 0 Å². The van der Waals surface area contributed by atoms with Crippen molar-refractivity contribution in [2.45, 2.75) is 19.4 Å². The molecule has 0 saturated heterocycles. The maximum Gasteiger partial charge on any atom is 0.142 e. The molecule has 106 valence electrons. The van der Waals surface area contributed by atoms with Crippen LogP contribution < -0.4 is 5.32 Å². The highest BCUT2D eigenvalue weighted by atomic mass is 35.5. The summed E-state index contributed by atoms with van der Waals surface area (Å²) in [6, 6.07) is 12.7. The van der Waals surface area contributed by atoms with Crippen LogP contribution in [0, 0.1) is 5.82 Å². The van der Waals surface area contributed by atoms with Gasteiger partial charge in [0.25, 0.3) is 0 Å². The monoisotopic (exact) mass is 311 g/mol. The van der Waals surface area contributed by atoms with E-state index in [2.05, 4.69) is 5.32 Å². The molecule has 0 radical (unpaired) electrons. The van der Waals surface area contributed by atoms with E-state index < -0.39 is 5.82 Å². The van der Waals surface area contributed by atoms with Crippen molar-refractivity contribution in [2.24, 2.45) is 0 Å². The molecule has 0 bridgehead atoms. The van der Waals surface area contributed by atoms with Gasteiger partial charge in [0.2, 0.25) is 0 Å². The molecular weight excluding hydrogens is 296 g/mol. The Hall–Kier alpha value is -1.09. The second kappa shape index (κ2) is 7.07. The zero-order chi connectivity index (χ0) is 14.5. The second-order valence-electron chi connectivity index (χ2n) is 4.58. The van der Waals surface area contributed by atoms with E-state index >= 15 is 0 Å². The van der Waals surface area contributed by atoms with Gasteiger partial charge >= 0.3 is 0 Å². The van der Waals surface area contributed by atoms with Crippen LogP contribution in [-0.2, 0) is 6.42 Å². The molecule has 20 heavy (non-hydrogen) atoms. The highest BCUT2D eigenvalue weighted by Crippen LogP contribution is 2.26. The fourth-order valence-corrected chi connectivity index (χ4v) is 2.58. The lowest BCUT2D eigenvalue weighted by Gasteiger charge is -2.20. The van der Waals surface area contributed by atoms with Crippen LogP contribution >= 0.6 is 23.2 Å². The summed E-state index contributed by atoms with van der Waals surface area (Å²) in [6.45, 7) is 2.85. The highest BCUT2D eigenvalue weighted by Gasteiger charge is 2.14. The molecule has 0 saturated carbocycles. The molecule has 0 aliphatic rings. The van der Waals surface area contributed by atoms with E-state index in [1.54, 1.807) is 6.07 Å². The van der Waals surface area contributed by atoms with Crippen LogP contribution in [0.4, 0.5) is 4.39 Å². The first-order chi connectivity index (χ1) is 9.61. The summed E-state index contributed by atoms with van der Waals surface area (Å²) in [6.07, 6.45) is 0.658. The van der Waals surface area contributed by atoms with Crippen molar-refractivity contribution >= 4 is 23.2 Å². The van der Waals surface area contributed by atoms with E-state index in [9.17, 15) is 4.39 Å². The van der Waals surface area contributed by atoms with Crippen LogP contribution in [0.2, 0.25) is 10.0 Å². The van der Waals surface area contributed by atoms with Crippen LogP contribution in [0.5, 0.6) is 0 Å². The molecule has 1 unspecified atom stereocenters. The number of rotatable bonds is 5. The van der Waals surface area contributed by atoms with Crippen molar-refractivity contribution in [3.05, 3.63) is 69.5 Å². The van der Waals surface area contributed by atoms with E-state index in [4.69, 9.17) is 23.2 Å². The lowest BCUT2D eigenvalue weighted by Crippen LogP contribution is -2.23. The molecule has 0 heterocycles. The summed E-state index contributed by atoms with van der Waals surface area (Å²) in [5, 5.41) is 4.24. The summed E-state index contributed by atoms with van der Waals surface area (Å²) in [5.74, 6) is -0.390. The fraction of sp³-hybridized carbons (Fsp3) is 0.250. The number of benzene rings is 2. The van der Waals surface area contributed by atoms with Gasteiger partial charge < -0.3 is 5.32 Å². The fourth-order valence-electron chi connectivity index (χ4n) is 2.20. The summed E-state index contributed by atoms with van der Waals surface area (Å²) in [4.78, 5) is 0. The Morgan fingerprint density at radius 2 is 1.85 bits per heavy atom. The molecule has 0 spiro atoms. The summed E-state index contributed by atoms with van der Waals surface area (Å²) in [7, 11) is 0. The quantitative estimate of drug-likeness (QED) is 0.817. The van der Waals surface area contributed by atoms with Crippen LogP contribution in [-0.4, -0.2) is 6.54 Å². The Kier molecular flexibility index (Phi) is 5.41. The average molecular weight is 312 g/mol. The molecule has 0 amide bonds. The lowest BCUT2D eigenvalue weighted by molar-refractivity contribution is 0.547. The summed E-state index contributed by atoms with van der Waals surface area (Å²) in [5.41, 5.74) is 1.91. The molecule has 1 nitrogen and oxygen atoms in total. The van der Waals surface area contributed by atoms with Crippen molar-refractivity contribution < 1.29 is 4.39 Å². The smallest absolute Gasteiger partial charge is 0.142 e. The van der Waals surface area contributed by atoms with Crippen molar-refractivity contribution in [3.8, 4) is 0 Å². The maximum atomic E-state index is 13.5. The van der Waals surface area contributed by atoms with E-state index in [1.807, 2.05) is 37.3 Å². The third-order valence-corrected chi connectivity index (χ3v) is 3.81. The molecule has 0 aromatic heterocycles. The summed E-state index contributed by atoms with van der Waals surface area (Å²) < 4.78 is 13.5. The minimum Gasteiger partial charge on any atom is -0.310 e. The van der Waals surface area contributed by atoms with Crippen molar-refractivity contribution in [2.75, 3.05) is 6.54 Å². The van der Waals surface area contributed by atoms with Crippen LogP contribution in [0.25, 0.3) is 0 Å². The number of hydrogen-bond donors (Lipinski definition) is 1. The van der Waals surface area contributed by atoms with E-state index in [0.717, 1.165) is 17.7 Å². The normalized spacial score (nSPS) is 12.4. The Morgan fingerprint density at radius 1 is 1.10 bits per heavy atom. The number of halogens is 3. The number of hydrogen-bond acceptors (Lipinski definition) is 1. The van der Waals surface area contributed by atoms with Gasteiger partial charge in [-0.25, -0.2) is 4.39 Å². The van der Waals surface area contributed by atoms with Crippen LogP contribution in [0.1, 0.15) is 24.1 Å². The zero-order valence-electron chi connectivity index (χ0n) is 11.2. The lowest BCUT2D eigenvalue weighted by atomic mass is 9.98. The molecular formula is C16H16Cl2FN. The summed E-state index contributed by atoms with van der Waals surface area (Å²) >= 11 is 12.0. The molecule has 2 rings (SSSR count). The first-order valence-electron chi connectivity index (χ1n) is 6.53. The zero-order valence-corrected chi connectivity index (χ0v) is 12.7. The van der Waals surface area contributed by atoms with E-state index in [0.29, 0.717) is 11.4 Å². The minimum absolute atomic E-state index is 0.0503. The van der Waals surface area contributed by atoms with Crippen molar-refractivity contribution in [1.29, 1.82) is 0 Å². The Bertz CT molecular complexity index is 586.